The molecule has 0 spiro atoms. The van der Waals surface area contributed by atoms with Crippen molar-refractivity contribution in [1.29, 1.82) is 0 Å². The standard InChI is InChI=1S/C18H22N2O3S2/c1-18(2,3)19-17(21)15-11-13-7-4-5-8-14(13)12-20(15)25(22,23)16-9-6-10-24-16/h4-10,15H,11-12H2,1-3H3,(H,19,21)/t15-/m1/s1. The molecular formula is C18H22N2O3S2. The van der Waals surface area contributed by atoms with Gasteiger partial charge in [0.25, 0.3) is 10.0 Å². The Labute approximate surface area is 152 Å². The number of rotatable bonds is 3. The number of nitrogens with one attached hydrogen (secondary N) is 1. The molecule has 1 aliphatic rings. The van der Waals surface area contributed by atoms with E-state index in [-0.39, 0.29) is 16.7 Å². The molecule has 1 atom stereocenters. The lowest BCUT2D eigenvalue weighted by Crippen LogP contribution is -2.55. The topological polar surface area (TPSA) is 66.5 Å². The van der Waals surface area contributed by atoms with Crippen LogP contribution in [0.5, 0.6) is 0 Å². The average molecular weight is 379 g/mol. The Kier molecular flexibility index (Phi) is 4.74. The number of hydrogen-bond acceptors (Lipinski definition) is 4. The molecule has 0 saturated carbocycles. The third-order valence-corrected chi connectivity index (χ3v) is 7.29. The van der Waals surface area contributed by atoms with Gasteiger partial charge in [-0.25, -0.2) is 8.42 Å². The highest BCUT2D eigenvalue weighted by molar-refractivity contribution is 7.91. The van der Waals surface area contributed by atoms with Gasteiger partial charge in [0.1, 0.15) is 10.3 Å². The lowest BCUT2D eigenvalue weighted by molar-refractivity contribution is -0.126. The summed E-state index contributed by atoms with van der Waals surface area (Å²) < 4.78 is 27.8. The molecule has 1 amide bonds. The number of fused-ring (bicyclic) bond motifs is 1. The van der Waals surface area contributed by atoms with Gasteiger partial charge in [0.2, 0.25) is 5.91 Å². The van der Waals surface area contributed by atoms with Crippen molar-refractivity contribution in [2.75, 3.05) is 0 Å². The van der Waals surface area contributed by atoms with E-state index in [1.54, 1.807) is 17.5 Å². The molecule has 0 aliphatic carbocycles. The Hall–Kier alpha value is -1.70. The molecule has 7 heteroatoms. The normalized spacial score (nSPS) is 18.6. The second kappa shape index (κ2) is 6.55. The van der Waals surface area contributed by atoms with Crippen LogP contribution in [-0.2, 0) is 27.8 Å². The quantitative estimate of drug-likeness (QED) is 0.893. The van der Waals surface area contributed by atoms with Crippen LogP contribution in [0.3, 0.4) is 0 Å². The molecule has 2 heterocycles. The van der Waals surface area contributed by atoms with Gasteiger partial charge < -0.3 is 5.32 Å². The molecule has 5 nitrogen and oxygen atoms in total. The van der Waals surface area contributed by atoms with Crippen LogP contribution in [-0.4, -0.2) is 30.2 Å². The first kappa shape index (κ1) is 18.1. The molecule has 0 saturated heterocycles. The Balaban J connectivity index is 2.02. The third kappa shape index (κ3) is 3.78. The third-order valence-electron chi connectivity index (χ3n) is 4.06. The van der Waals surface area contributed by atoms with E-state index >= 15 is 0 Å². The van der Waals surface area contributed by atoms with Gasteiger partial charge >= 0.3 is 0 Å². The maximum absolute atomic E-state index is 13.1. The zero-order valence-electron chi connectivity index (χ0n) is 14.5. The maximum Gasteiger partial charge on any atom is 0.253 e. The van der Waals surface area contributed by atoms with E-state index in [0.29, 0.717) is 6.42 Å². The minimum absolute atomic E-state index is 0.207. The molecule has 25 heavy (non-hydrogen) atoms. The number of amides is 1. The summed E-state index contributed by atoms with van der Waals surface area (Å²) in [4.78, 5) is 12.8. The van der Waals surface area contributed by atoms with E-state index in [4.69, 9.17) is 0 Å². The molecule has 1 aliphatic heterocycles. The molecule has 134 valence electrons. The summed E-state index contributed by atoms with van der Waals surface area (Å²) in [5.41, 5.74) is 1.54. The van der Waals surface area contributed by atoms with Crippen molar-refractivity contribution in [3.63, 3.8) is 0 Å². The Morgan fingerprint density at radius 2 is 1.84 bits per heavy atom. The van der Waals surface area contributed by atoms with E-state index in [1.807, 2.05) is 45.0 Å². The second-order valence-corrected chi connectivity index (χ2v) is 10.3. The monoisotopic (exact) mass is 378 g/mol. The van der Waals surface area contributed by atoms with Crippen molar-refractivity contribution in [3.8, 4) is 0 Å². The van der Waals surface area contributed by atoms with Crippen molar-refractivity contribution in [2.45, 2.75) is 49.5 Å². The van der Waals surface area contributed by atoms with E-state index < -0.39 is 21.6 Å². The van der Waals surface area contributed by atoms with Crippen molar-refractivity contribution >= 4 is 27.3 Å². The van der Waals surface area contributed by atoms with Crippen molar-refractivity contribution < 1.29 is 13.2 Å². The van der Waals surface area contributed by atoms with Crippen LogP contribution in [0.25, 0.3) is 0 Å². The van der Waals surface area contributed by atoms with Crippen LogP contribution < -0.4 is 5.32 Å². The highest BCUT2D eigenvalue weighted by Crippen LogP contribution is 2.31. The van der Waals surface area contributed by atoms with Gasteiger partial charge in [-0.05, 0) is 49.8 Å². The Morgan fingerprint density at radius 1 is 1.16 bits per heavy atom. The van der Waals surface area contributed by atoms with Gasteiger partial charge in [0.05, 0.1) is 0 Å². The highest BCUT2D eigenvalue weighted by Gasteiger charge is 2.40. The minimum atomic E-state index is -3.72. The summed E-state index contributed by atoms with van der Waals surface area (Å²) >= 11 is 1.17. The van der Waals surface area contributed by atoms with E-state index in [0.717, 1.165) is 11.1 Å². The fraction of sp³-hybridized carbons (Fsp3) is 0.389. The molecule has 1 N–H and O–H groups in total. The highest BCUT2D eigenvalue weighted by atomic mass is 32.2. The molecule has 0 radical (unpaired) electrons. The lowest BCUT2D eigenvalue weighted by Gasteiger charge is -2.36. The predicted molar refractivity (Wildman–Crippen MR) is 98.9 cm³/mol. The first-order valence-corrected chi connectivity index (χ1v) is 10.4. The number of sulfonamides is 1. The summed E-state index contributed by atoms with van der Waals surface area (Å²) in [5, 5.41) is 4.66. The van der Waals surface area contributed by atoms with Gasteiger partial charge in [0, 0.05) is 12.1 Å². The predicted octanol–water partition coefficient (Wildman–Crippen LogP) is 2.78. The van der Waals surface area contributed by atoms with Crippen LogP contribution in [0.2, 0.25) is 0 Å². The van der Waals surface area contributed by atoms with Crippen LogP contribution in [0.15, 0.2) is 46.0 Å². The van der Waals surface area contributed by atoms with Crippen LogP contribution >= 0.6 is 11.3 Å². The number of carbonyl (C=O) groups excluding carboxylic acids is 1. The van der Waals surface area contributed by atoms with Gasteiger partial charge in [-0.2, -0.15) is 4.31 Å². The number of nitrogens with zero attached hydrogens (tertiary/aromatic N) is 1. The largest absolute Gasteiger partial charge is 0.350 e. The van der Waals surface area contributed by atoms with Crippen LogP contribution in [0.4, 0.5) is 0 Å². The van der Waals surface area contributed by atoms with E-state index in [2.05, 4.69) is 5.32 Å². The zero-order valence-corrected chi connectivity index (χ0v) is 16.2. The summed E-state index contributed by atoms with van der Waals surface area (Å²) in [6.07, 6.45) is 0.378. The SMILES string of the molecule is CC(C)(C)NC(=O)[C@H]1Cc2ccccc2CN1S(=O)(=O)c1cccs1. The van der Waals surface area contributed by atoms with Crippen molar-refractivity contribution in [3.05, 3.63) is 52.9 Å². The molecule has 3 rings (SSSR count). The Bertz CT molecular complexity index is 868. The second-order valence-electron chi connectivity index (χ2n) is 7.21. The van der Waals surface area contributed by atoms with Crippen LogP contribution in [0.1, 0.15) is 31.9 Å². The lowest BCUT2D eigenvalue weighted by atomic mass is 9.95. The number of hydrogen-bond donors (Lipinski definition) is 1. The molecule has 0 fully saturated rings. The number of benzene rings is 1. The minimum Gasteiger partial charge on any atom is -0.350 e. The number of carbonyl (C=O) groups is 1. The molecule has 1 aromatic heterocycles. The molecular weight excluding hydrogens is 356 g/mol. The van der Waals surface area contributed by atoms with E-state index in [1.165, 1.54) is 15.6 Å². The van der Waals surface area contributed by atoms with E-state index in [9.17, 15) is 13.2 Å². The Morgan fingerprint density at radius 3 is 2.44 bits per heavy atom. The van der Waals surface area contributed by atoms with Crippen LogP contribution in [0, 0.1) is 0 Å². The van der Waals surface area contributed by atoms with Gasteiger partial charge in [-0.15, -0.1) is 11.3 Å². The summed E-state index contributed by atoms with van der Waals surface area (Å²) in [7, 11) is -3.72. The fourth-order valence-corrected chi connectivity index (χ4v) is 5.64. The first-order valence-electron chi connectivity index (χ1n) is 8.13. The number of thiophene rings is 1. The smallest absolute Gasteiger partial charge is 0.253 e. The molecule has 0 bridgehead atoms. The first-order chi connectivity index (χ1) is 11.7. The summed E-state index contributed by atoms with van der Waals surface area (Å²) in [5.74, 6) is -0.262. The summed E-state index contributed by atoms with van der Waals surface area (Å²) in [6, 6.07) is 10.2. The maximum atomic E-state index is 13.1. The van der Waals surface area contributed by atoms with Gasteiger partial charge in [-0.3, -0.25) is 4.79 Å². The van der Waals surface area contributed by atoms with Gasteiger partial charge in [-0.1, -0.05) is 30.3 Å². The fourth-order valence-electron chi connectivity index (χ4n) is 2.95. The van der Waals surface area contributed by atoms with Crippen molar-refractivity contribution in [1.82, 2.24) is 9.62 Å². The molecule has 1 aromatic carbocycles. The summed E-state index contributed by atoms with van der Waals surface area (Å²) in [6.45, 7) is 5.87. The molecule has 0 unspecified atom stereocenters. The van der Waals surface area contributed by atoms with Gasteiger partial charge in [0.15, 0.2) is 0 Å². The average Bonchev–Trinajstić information content (AvgIpc) is 3.07. The van der Waals surface area contributed by atoms with Crippen molar-refractivity contribution in [2.24, 2.45) is 0 Å². The zero-order chi connectivity index (χ0) is 18.2. The molecule has 2 aromatic rings.